The van der Waals surface area contributed by atoms with E-state index in [9.17, 15) is 0 Å². The summed E-state index contributed by atoms with van der Waals surface area (Å²) in [5.41, 5.74) is 3.30. The van der Waals surface area contributed by atoms with Crippen LogP contribution < -0.4 is 19.5 Å². The number of rotatable bonds is 6. The van der Waals surface area contributed by atoms with E-state index in [2.05, 4.69) is 15.4 Å². The Bertz CT molecular complexity index is 1150. The minimum atomic E-state index is 0.440. The summed E-state index contributed by atoms with van der Waals surface area (Å²) in [6.07, 6.45) is 1.89. The van der Waals surface area contributed by atoms with Crippen LogP contribution in [0.25, 0.3) is 16.8 Å². The van der Waals surface area contributed by atoms with Crippen LogP contribution in [-0.4, -0.2) is 35.9 Å². The SMILES string of the molecule is COc1cc(Nc2nc3ccc(-c4ccccc4Cl)cn3n2)cc(OC)c1OC. The van der Waals surface area contributed by atoms with E-state index in [1.807, 2.05) is 42.6 Å². The number of benzene rings is 2. The van der Waals surface area contributed by atoms with E-state index < -0.39 is 0 Å². The fourth-order valence-corrected chi connectivity index (χ4v) is 3.32. The Morgan fingerprint density at radius 3 is 2.31 bits per heavy atom. The summed E-state index contributed by atoms with van der Waals surface area (Å²) in [4.78, 5) is 4.51. The number of fused-ring (bicyclic) bond motifs is 1. The first kappa shape index (κ1) is 18.9. The van der Waals surface area contributed by atoms with Gasteiger partial charge in [-0.05, 0) is 18.2 Å². The molecule has 4 aromatic rings. The van der Waals surface area contributed by atoms with Crippen molar-refractivity contribution < 1.29 is 14.2 Å². The van der Waals surface area contributed by atoms with Crippen molar-refractivity contribution in [3.63, 3.8) is 0 Å². The Labute approximate surface area is 172 Å². The van der Waals surface area contributed by atoms with Gasteiger partial charge in [0.05, 0.1) is 21.3 Å². The smallest absolute Gasteiger partial charge is 0.247 e. The van der Waals surface area contributed by atoms with Gasteiger partial charge in [-0.25, -0.2) is 4.52 Å². The van der Waals surface area contributed by atoms with E-state index >= 15 is 0 Å². The van der Waals surface area contributed by atoms with Gasteiger partial charge in [-0.1, -0.05) is 29.8 Å². The predicted molar refractivity (Wildman–Crippen MR) is 113 cm³/mol. The molecule has 0 spiro atoms. The van der Waals surface area contributed by atoms with Gasteiger partial charge in [-0.15, -0.1) is 5.10 Å². The van der Waals surface area contributed by atoms with Crippen molar-refractivity contribution in [2.45, 2.75) is 0 Å². The molecule has 0 atom stereocenters. The third-order valence-corrected chi connectivity index (χ3v) is 4.77. The number of nitrogens with one attached hydrogen (secondary N) is 1. The molecule has 2 heterocycles. The number of hydrogen-bond donors (Lipinski definition) is 1. The zero-order valence-electron chi connectivity index (χ0n) is 16.1. The van der Waals surface area contributed by atoms with Gasteiger partial charge in [0.1, 0.15) is 0 Å². The molecule has 0 unspecified atom stereocenters. The van der Waals surface area contributed by atoms with Crippen LogP contribution >= 0.6 is 11.6 Å². The number of aromatic nitrogens is 3. The van der Waals surface area contributed by atoms with E-state index in [0.29, 0.717) is 39.6 Å². The second-order valence-electron chi connectivity index (χ2n) is 6.17. The van der Waals surface area contributed by atoms with Gasteiger partial charge in [0.25, 0.3) is 0 Å². The number of ether oxygens (including phenoxy) is 3. The zero-order chi connectivity index (χ0) is 20.4. The van der Waals surface area contributed by atoms with Crippen LogP contribution in [0.3, 0.4) is 0 Å². The summed E-state index contributed by atoms with van der Waals surface area (Å²) in [7, 11) is 4.70. The van der Waals surface area contributed by atoms with Gasteiger partial charge >= 0.3 is 0 Å². The topological polar surface area (TPSA) is 69.9 Å². The van der Waals surface area contributed by atoms with E-state index in [4.69, 9.17) is 25.8 Å². The van der Waals surface area contributed by atoms with E-state index in [1.54, 1.807) is 38.0 Å². The molecule has 8 heteroatoms. The van der Waals surface area contributed by atoms with Crippen LogP contribution in [0.5, 0.6) is 17.2 Å². The molecule has 0 amide bonds. The number of hydrogen-bond acceptors (Lipinski definition) is 6. The largest absolute Gasteiger partial charge is 0.493 e. The summed E-state index contributed by atoms with van der Waals surface area (Å²) in [5.74, 6) is 2.04. The van der Waals surface area contributed by atoms with Crippen LogP contribution in [0.1, 0.15) is 0 Å². The van der Waals surface area contributed by atoms with Gasteiger partial charge in [-0.2, -0.15) is 4.98 Å². The van der Waals surface area contributed by atoms with Crippen LogP contribution in [-0.2, 0) is 0 Å². The Kier molecular flexibility index (Phi) is 5.14. The fourth-order valence-electron chi connectivity index (χ4n) is 3.07. The molecule has 0 fully saturated rings. The van der Waals surface area contributed by atoms with Crippen molar-refractivity contribution in [2.75, 3.05) is 26.6 Å². The standard InChI is InChI=1S/C21H19ClN4O3/c1-27-17-10-14(11-18(28-2)20(17)29-3)23-21-24-19-9-8-13(12-26(19)25-21)15-6-4-5-7-16(15)22/h4-12H,1-3H3,(H,23,25). The second kappa shape index (κ2) is 7.89. The van der Waals surface area contributed by atoms with Crippen LogP contribution in [0.4, 0.5) is 11.6 Å². The predicted octanol–water partition coefficient (Wildman–Crippen LogP) is 4.82. The molecule has 0 radical (unpaired) electrons. The van der Waals surface area contributed by atoms with Crippen LogP contribution in [0.15, 0.2) is 54.7 Å². The van der Waals surface area contributed by atoms with E-state index in [1.165, 1.54) is 0 Å². The van der Waals surface area contributed by atoms with Crippen molar-refractivity contribution >= 4 is 28.9 Å². The molecular formula is C21H19ClN4O3. The van der Waals surface area contributed by atoms with Crippen LogP contribution in [0, 0.1) is 0 Å². The minimum Gasteiger partial charge on any atom is -0.493 e. The molecule has 0 aliphatic carbocycles. The van der Waals surface area contributed by atoms with Gasteiger partial charge in [0.2, 0.25) is 11.7 Å². The second-order valence-corrected chi connectivity index (χ2v) is 6.58. The number of halogens is 1. The molecule has 148 valence electrons. The van der Waals surface area contributed by atoms with Gasteiger partial charge in [0.15, 0.2) is 17.1 Å². The molecule has 2 aromatic carbocycles. The monoisotopic (exact) mass is 410 g/mol. The summed E-state index contributed by atoms with van der Waals surface area (Å²) in [6, 6.07) is 15.1. The highest BCUT2D eigenvalue weighted by molar-refractivity contribution is 6.33. The zero-order valence-corrected chi connectivity index (χ0v) is 16.9. The Hall–Kier alpha value is -3.45. The molecule has 7 nitrogen and oxygen atoms in total. The lowest BCUT2D eigenvalue weighted by Gasteiger charge is -2.14. The number of pyridine rings is 1. The van der Waals surface area contributed by atoms with Gasteiger partial charge < -0.3 is 19.5 Å². The fraction of sp³-hybridized carbons (Fsp3) is 0.143. The minimum absolute atomic E-state index is 0.440. The molecule has 29 heavy (non-hydrogen) atoms. The molecule has 0 saturated carbocycles. The molecule has 0 aliphatic heterocycles. The lowest BCUT2D eigenvalue weighted by atomic mass is 10.1. The van der Waals surface area contributed by atoms with Crippen molar-refractivity contribution in [1.82, 2.24) is 14.6 Å². The number of anilines is 2. The maximum absolute atomic E-state index is 6.31. The maximum atomic E-state index is 6.31. The highest BCUT2D eigenvalue weighted by atomic mass is 35.5. The summed E-state index contributed by atoms with van der Waals surface area (Å²) < 4.78 is 17.8. The molecule has 0 aliphatic rings. The highest BCUT2D eigenvalue weighted by Gasteiger charge is 2.14. The third-order valence-electron chi connectivity index (χ3n) is 4.44. The highest BCUT2D eigenvalue weighted by Crippen LogP contribution is 2.40. The first-order chi connectivity index (χ1) is 14.1. The van der Waals surface area contributed by atoms with Crippen molar-refractivity contribution in [3.05, 3.63) is 59.8 Å². The molecule has 0 bridgehead atoms. The summed E-state index contributed by atoms with van der Waals surface area (Å²) in [5, 5.41) is 8.38. The lowest BCUT2D eigenvalue weighted by molar-refractivity contribution is 0.324. The number of nitrogens with zero attached hydrogens (tertiary/aromatic N) is 3. The quantitative estimate of drug-likeness (QED) is 0.491. The first-order valence-corrected chi connectivity index (χ1v) is 9.19. The van der Waals surface area contributed by atoms with Crippen molar-refractivity contribution in [3.8, 4) is 28.4 Å². The van der Waals surface area contributed by atoms with Gasteiger partial charge in [-0.3, -0.25) is 0 Å². The van der Waals surface area contributed by atoms with Gasteiger partial charge in [0, 0.05) is 40.2 Å². The summed E-state index contributed by atoms with van der Waals surface area (Å²) >= 11 is 6.31. The average Bonchev–Trinajstić information content (AvgIpc) is 3.14. The third kappa shape index (κ3) is 3.64. The maximum Gasteiger partial charge on any atom is 0.247 e. The van der Waals surface area contributed by atoms with Crippen LogP contribution in [0.2, 0.25) is 5.02 Å². The van der Waals surface area contributed by atoms with E-state index in [0.717, 1.165) is 11.1 Å². The molecule has 4 rings (SSSR count). The molecule has 0 saturated heterocycles. The first-order valence-electron chi connectivity index (χ1n) is 8.81. The Morgan fingerprint density at radius 2 is 1.66 bits per heavy atom. The molecule has 1 N–H and O–H groups in total. The number of methoxy groups -OCH3 is 3. The molecule has 2 aromatic heterocycles. The van der Waals surface area contributed by atoms with Crippen molar-refractivity contribution in [1.29, 1.82) is 0 Å². The Balaban J connectivity index is 1.68. The lowest BCUT2D eigenvalue weighted by Crippen LogP contribution is -1.98. The normalized spacial score (nSPS) is 10.8. The molecular weight excluding hydrogens is 392 g/mol. The average molecular weight is 411 g/mol. The van der Waals surface area contributed by atoms with E-state index in [-0.39, 0.29) is 0 Å². The van der Waals surface area contributed by atoms with Crippen molar-refractivity contribution in [2.24, 2.45) is 0 Å². The summed E-state index contributed by atoms with van der Waals surface area (Å²) in [6.45, 7) is 0. The Morgan fingerprint density at radius 1 is 0.931 bits per heavy atom.